The van der Waals surface area contributed by atoms with Crippen molar-refractivity contribution in [2.45, 2.75) is 26.8 Å². The van der Waals surface area contributed by atoms with Crippen molar-refractivity contribution >= 4 is 22.6 Å². The number of ether oxygens (including phenoxy) is 1. The average molecular weight is 324 g/mol. The Balaban J connectivity index is 1.90. The Morgan fingerprint density at radius 3 is 2.58 bits per heavy atom. The number of aryl methyl sites for hydroxylation is 1. The number of hydrogen-bond donors (Lipinski definition) is 1. The van der Waals surface area contributed by atoms with Gasteiger partial charge in [0.2, 0.25) is 0 Å². The van der Waals surface area contributed by atoms with E-state index < -0.39 is 0 Å². The summed E-state index contributed by atoms with van der Waals surface area (Å²) in [7, 11) is 1.61. The van der Waals surface area contributed by atoms with Crippen molar-refractivity contribution in [2.24, 2.45) is 0 Å². The van der Waals surface area contributed by atoms with Crippen LogP contribution in [0.4, 0.5) is 5.69 Å². The largest absolute Gasteiger partial charge is 0.497 e. The molecule has 0 fully saturated rings. The van der Waals surface area contributed by atoms with Gasteiger partial charge in [-0.2, -0.15) is 5.10 Å². The Hall–Kier alpha value is -2.89. The first-order chi connectivity index (χ1) is 11.5. The molecular weight excluding hydrogens is 304 g/mol. The third-order valence-electron chi connectivity index (χ3n) is 3.84. The Morgan fingerprint density at radius 2 is 1.96 bits per heavy atom. The molecule has 1 aromatic carbocycles. The van der Waals surface area contributed by atoms with Crippen molar-refractivity contribution in [3.05, 3.63) is 47.8 Å². The zero-order chi connectivity index (χ0) is 17.3. The van der Waals surface area contributed by atoms with E-state index in [9.17, 15) is 4.79 Å². The zero-order valence-corrected chi connectivity index (χ0v) is 14.2. The SMILES string of the molecule is COc1ccc(NC(=O)c2cc3cnn(C(C)C)c3nc2C)cc1. The van der Waals surface area contributed by atoms with Crippen LogP contribution in [0.3, 0.4) is 0 Å². The highest BCUT2D eigenvalue weighted by molar-refractivity contribution is 6.06. The minimum absolute atomic E-state index is 0.190. The zero-order valence-electron chi connectivity index (χ0n) is 14.2. The summed E-state index contributed by atoms with van der Waals surface area (Å²) in [4.78, 5) is 17.1. The maximum Gasteiger partial charge on any atom is 0.257 e. The number of nitrogens with one attached hydrogen (secondary N) is 1. The second-order valence-electron chi connectivity index (χ2n) is 5.90. The van der Waals surface area contributed by atoms with Crippen LogP contribution in [0.25, 0.3) is 11.0 Å². The molecule has 0 spiro atoms. The predicted octanol–water partition coefficient (Wildman–Crippen LogP) is 3.58. The molecule has 0 atom stereocenters. The van der Waals surface area contributed by atoms with E-state index >= 15 is 0 Å². The van der Waals surface area contributed by atoms with Gasteiger partial charge in [0.25, 0.3) is 5.91 Å². The number of methoxy groups -OCH3 is 1. The summed E-state index contributed by atoms with van der Waals surface area (Å²) in [6.45, 7) is 5.93. The summed E-state index contributed by atoms with van der Waals surface area (Å²) in [5.41, 5.74) is 2.72. The number of amides is 1. The third-order valence-corrected chi connectivity index (χ3v) is 3.84. The van der Waals surface area contributed by atoms with Gasteiger partial charge in [0, 0.05) is 17.1 Å². The molecule has 3 aromatic rings. The van der Waals surface area contributed by atoms with E-state index in [1.807, 2.05) is 31.5 Å². The number of pyridine rings is 1. The van der Waals surface area contributed by atoms with Crippen LogP contribution in [-0.4, -0.2) is 27.8 Å². The number of fused-ring (bicyclic) bond motifs is 1. The number of hydrogen-bond acceptors (Lipinski definition) is 4. The molecule has 1 amide bonds. The van der Waals surface area contributed by atoms with E-state index in [0.29, 0.717) is 16.9 Å². The van der Waals surface area contributed by atoms with Gasteiger partial charge < -0.3 is 10.1 Å². The van der Waals surface area contributed by atoms with Crippen molar-refractivity contribution in [2.75, 3.05) is 12.4 Å². The summed E-state index contributed by atoms with van der Waals surface area (Å²) >= 11 is 0. The maximum absolute atomic E-state index is 12.6. The Morgan fingerprint density at radius 1 is 1.25 bits per heavy atom. The first kappa shape index (κ1) is 16.0. The summed E-state index contributed by atoms with van der Waals surface area (Å²) in [6, 6.07) is 9.26. The monoisotopic (exact) mass is 324 g/mol. The van der Waals surface area contributed by atoms with Gasteiger partial charge >= 0.3 is 0 Å². The fourth-order valence-corrected chi connectivity index (χ4v) is 2.55. The van der Waals surface area contributed by atoms with Crippen LogP contribution in [0, 0.1) is 6.92 Å². The smallest absolute Gasteiger partial charge is 0.257 e. The first-order valence-electron chi connectivity index (χ1n) is 7.80. The topological polar surface area (TPSA) is 69.0 Å². The van der Waals surface area contributed by atoms with Gasteiger partial charge in [-0.05, 0) is 51.1 Å². The summed E-state index contributed by atoms with van der Waals surface area (Å²) < 4.78 is 6.97. The second-order valence-corrected chi connectivity index (χ2v) is 5.90. The molecule has 1 N–H and O–H groups in total. The number of anilines is 1. The lowest BCUT2D eigenvalue weighted by Crippen LogP contribution is -2.14. The molecule has 24 heavy (non-hydrogen) atoms. The lowest BCUT2D eigenvalue weighted by atomic mass is 10.1. The molecule has 6 heteroatoms. The summed E-state index contributed by atoms with van der Waals surface area (Å²) in [6.07, 6.45) is 1.74. The van der Waals surface area contributed by atoms with Crippen LogP contribution in [0.2, 0.25) is 0 Å². The molecular formula is C18H20N4O2. The van der Waals surface area contributed by atoms with Crippen LogP contribution in [-0.2, 0) is 0 Å². The fourth-order valence-electron chi connectivity index (χ4n) is 2.55. The quantitative estimate of drug-likeness (QED) is 0.796. The lowest BCUT2D eigenvalue weighted by Gasteiger charge is -2.10. The molecule has 0 bridgehead atoms. The highest BCUT2D eigenvalue weighted by atomic mass is 16.5. The number of carbonyl (C=O) groups excluding carboxylic acids is 1. The van der Waals surface area contributed by atoms with Crippen LogP contribution < -0.4 is 10.1 Å². The molecule has 2 heterocycles. The van der Waals surface area contributed by atoms with E-state index in [0.717, 1.165) is 16.8 Å². The van der Waals surface area contributed by atoms with E-state index in [-0.39, 0.29) is 11.9 Å². The number of benzene rings is 1. The minimum atomic E-state index is -0.190. The number of nitrogens with zero attached hydrogens (tertiary/aromatic N) is 3. The summed E-state index contributed by atoms with van der Waals surface area (Å²) in [5.74, 6) is 0.553. The average Bonchev–Trinajstić information content (AvgIpc) is 2.97. The molecule has 0 aliphatic rings. The van der Waals surface area contributed by atoms with Gasteiger partial charge in [-0.1, -0.05) is 0 Å². The normalized spacial score (nSPS) is 11.0. The number of rotatable bonds is 4. The minimum Gasteiger partial charge on any atom is -0.497 e. The van der Waals surface area contributed by atoms with Gasteiger partial charge in [0.05, 0.1) is 24.6 Å². The Labute approximate surface area is 140 Å². The standard InChI is InChI=1S/C18H20N4O2/c1-11(2)22-17-13(10-19-22)9-16(12(3)20-17)18(23)21-14-5-7-15(24-4)8-6-14/h5-11H,1-4H3,(H,21,23). The highest BCUT2D eigenvalue weighted by Crippen LogP contribution is 2.21. The molecule has 0 saturated carbocycles. The highest BCUT2D eigenvalue weighted by Gasteiger charge is 2.15. The molecule has 0 unspecified atom stereocenters. The molecule has 3 rings (SSSR count). The van der Waals surface area contributed by atoms with Crippen LogP contribution >= 0.6 is 0 Å². The molecule has 0 saturated heterocycles. The van der Waals surface area contributed by atoms with Gasteiger partial charge in [0.15, 0.2) is 5.65 Å². The van der Waals surface area contributed by atoms with Gasteiger partial charge in [-0.25, -0.2) is 9.67 Å². The molecule has 2 aromatic heterocycles. The molecule has 0 radical (unpaired) electrons. The molecule has 0 aliphatic heterocycles. The fraction of sp³-hybridized carbons (Fsp3) is 0.278. The van der Waals surface area contributed by atoms with Gasteiger partial charge in [0.1, 0.15) is 5.75 Å². The van der Waals surface area contributed by atoms with E-state index in [1.165, 1.54) is 0 Å². The molecule has 0 aliphatic carbocycles. The van der Waals surface area contributed by atoms with E-state index in [4.69, 9.17) is 4.74 Å². The Kier molecular flexibility index (Phi) is 4.20. The second kappa shape index (κ2) is 6.31. The lowest BCUT2D eigenvalue weighted by molar-refractivity contribution is 0.102. The number of aromatic nitrogens is 3. The van der Waals surface area contributed by atoms with Crippen molar-refractivity contribution < 1.29 is 9.53 Å². The van der Waals surface area contributed by atoms with Crippen molar-refractivity contribution in [3.63, 3.8) is 0 Å². The van der Waals surface area contributed by atoms with Crippen molar-refractivity contribution in [3.8, 4) is 5.75 Å². The predicted molar refractivity (Wildman–Crippen MR) is 93.6 cm³/mol. The van der Waals surface area contributed by atoms with Crippen molar-refractivity contribution in [1.82, 2.24) is 14.8 Å². The number of carbonyl (C=O) groups is 1. The Bertz CT molecular complexity index is 882. The first-order valence-corrected chi connectivity index (χ1v) is 7.80. The van der Waals surface area contributed by atoms with Crippen LogP contribution in [0.15, 0.2) is 36.5 Å². The van der Waals surface area contributed by atoms with Crippen molar-refractivity contribution in [1.29, 1.82) is 0 Å². The van der Waals surface area contributed by atoms with E-state index in [2.05, 4.69) is 15.4 Å². The third kappa shape index (κ3) is 2.95. The maximum atomic E-state index is 12.6. The van der Waals surface area contributed by atoms with Crippen LogP contribution in [0.1, 0.15) is 35.9 Å². The van der Waals surface area contributed by atoms with Gasteiger partial charge in [-0.3, -0.25) is 4.79 Å². The van der Waals surface area contributed by atoms with Crippen LogP contribution in [0.5, 0.6) is 5.75 Å². The molecule has 6 nitrogen and oxygen atoms in total. The van der Waals surface area contributed by atoms with E-state index in [1.54, 1.807) is 37.6 Å². The summed E-state index contributed by atoms with van der Waals surface area (Å²) in [5, 5.41) is 8.09. The molecule has 124 valence electrons. The van der Waals surface area contributed by atoms with Gasteiger partial charge in [-0.15, -0.1) is 0 Å².